The highest BCUT2D eigenvalue weighted by Crippen LogP contribution is 2.14. The molecule has 0 aliphatic rings. The van der Waals surface area contributed by atoms with Crippen LogP contribution in [0.25, 0.3) is 0 Å². The van der Waals surface area contributed by atoms with Crippen LogP contribution < -0.4 is 5.32 Å². The van der Waals surface area contributed by atoms with Crippen molar-refractivity contribution >= 4 is 0 Å². The molecule has 2 heteroatoms. The lowest BCUT2D eigenvalue weighted by atomic mass is 10.0. The molecule has 0 aliphatic heterocycles. The summed E-state index contributed by atoms with van der Waals surface area (Å²) in [5.74, 6) is 1.04. The monoisotopic (exact) mass is 235 g/mol. The van der Waals surface area contributed by atoms with E-state index in [-0.39, 0.29) is 12.6 Å². The van der Waals surface area contributed by atoms with Gasteiger partial charge in [-0.1, -0.05) is 52.0 Å². The van der Waals surface area contributed by atoms with Gasteiger partial charge >= 0.3 is 0 Å². The van der Waals surface area contributed by atoms with Gasteiger partial charge in [0.2, 0.25) is 0 Å². The van der Waals surface area contributed by atoms with E-state index in [1.165, 1.54) is 11.1 Å². The molecule has 1 atom stereocenters. The van der Waals surface area contributed by atoms with E-state index in [2.05, 4.69) is 57.3 Å². The molecule has 1 aromatic rings. The number of hydrogen-bond donors (Lipinski definition) is 2. The Morgan fingerprint density at radius 3 is 2.06 bits per heavy atom. The molecule has 1 rings (SSSR count). The molecule has 0 saturated heterocycles. The highest BCUT2D eigenvalue weighted by atomic mass is 16.3. The molecule has 0 aliphatic carbocycles. The molecule has 0 unspecified atom stereocenters. The summed E-state index contributed by atoms with van der Waals surface area (Å²) >= 11 is 0. The lowest BCUT2D eigenvalue weighted by Crippen LogP contribution is -2.36. The molecule has 2 N–H and O–H groups in total. The van der Waals surface area contributed by atoms with Crippen LogP contribution in [0.15, 0.2) is 24.3 Å². The van der Waals surface area contributed by atoms with Crippen molar-refractivity contribution in [2.45, 2.75) is 46.2 Å². The Labute approximate surface area is 105 Å². The average Bonchev–Trinajstić information content (AvgIpc) is 2.30. The van der Waals surface area contributed by atoms with Crippen LogP contribution in [-0.2, 0) is 6.54 Å². The molecule has 1 aromatic carbocycles. The third kappa shape index (κ3) is 4.49. The van der Waals surface area contributed by atoms with Crippen molar-refractivity contribution in [2.75, 3.05) is 6.61 Å². The fourth-order valence-electron chi connectivity index (χ4n) is 1.78. The van der Waals surface area contributed by atoms with Gasteiger partial charge in [0.15, 0.2) is 0 Å². The molecule has 2 nitrogen and oxygen atoms in total. The van der Waals surface area contributed by atoms with Crippen molar-refractivity contribution in [1.82, 2.24) is 5.32 Å². The van der Waals surface area contributed by atoms with Crippen LogP contribution in [0.2, 0.25) is 0 Å². The number of hydrogen-bond acceptors (Lipinski definition) is 2. The van der Waals surface area contributed by atoms with Crippen LogP contribution in [0.4, 0.5) is 0 Å². The van der Waals surface area contributed by atoms with Gasteiger partial charge in [-0.05, 0) is 23.0 Å². The smallest absolute Gasteiger partial charge is 0.0587 e. The molecule has 0 saturated carbocycles. The number of aliphatic hydroxyl groups excluding tert-OH is 1. The van der Waals surface area contributed by atoms with E-state index in [4.69, 9.17) is 0 Å². The minimum Gasteiger partial charge on any atom is -0.395 e. The van der Waals surface area contributed by atoms with Crippen LogP contribution in [0.5, 0.6) is 0 Å². The largest absolute Gasteiger partial charge is 0.395 e. The fraction of sp³-hybridized carbons (Fsp3) is 0.600. The zero-order valence-electron chi connectivity index (χ0n) is 11.4. The number of rotatable bonds is 6. The van der Waals surface area contributed by atoms with E-state index in [1.807, 2.05) is 0 Å². The predicted octanol–water partition coefficient (Wildman–Crippen LogP) is 2.92. The minimum atomic E-state index is 0.180. The summed E-state index contributed by atoms with van der Waals surface area (Å²) < 4.78 is 0. The highest BCUT2D eigenvalue weighted by molar-refractivity contribution is 5.24. The molecule has 0 spiro atoms. The van der Waals surface area contributed by atoms with Crippen molar-refractivity contribution in [3.05, 3.63) is 35.4 Å². The number of aliphatic hydroxyl groups is 1. The van der Waals surface area contributed by atoms with Gasteiger partial charge in [-0.2, -0.15) is 0 Å². The Morgan fingerprint density at radius 1 is 1.06 bits per heavy atom. The van der Waals surface area contributed by atoms with Gasteiger partial charge < -0.3 is 10.4 Å². The summed E-state index contributed by atoms with van der Waals surface area (Å²) in [7, 11) is 0. The lowest BCUT2D eigenvalue weighted by molar-refractivity contribution is 0.210. The zero-order chi connectivity index (χ0) is 12.8. The first-order valence-electron chi connectivity index (χ1n) is 6.47. The fourth-order valence-corrected chi connectivity index (χ4v) is 1.78. The summed E-state index contributed by atoms with van der Waals surface area (Å²) in [4.78, 5) is 0. The molecule has 0 bridgehead atoms. The van der Waals surface area contributed by atoms with Gasteiger partial charge in [-0.3, -0.25) is 0 Å². The second-order valence-corrected chi connectivity index (χ2v) is 5.31. The maximum Gasteiger partial charge on any atom is 0.0587 e. The normalized spacial score (nSPS) is 13.4. The zero-order valence-corrected chi connectivity index (χ0v) is 11.4. The minimum absolute atomic E-state index is 0.180. The van der Waals surface area contributed by atoms with Crippen molar-refractivity contribution in [3.63, 3.8) is 0 Å². The summed E-state index contributed by atoms with van der Waals surface area (Å²) in [6.07, 6.45) is 0. The second-order valence-electron chi connectivity index (χ2n) is 5.31. The maximum absolute atomic E-state index is 9.23. The van der Waals surface area contributed by atoms with E-state index in [0.29, 0.717) is 11.8 Å². The van der Waals surface area contributed by atoms with Crippen LogP contribution in [0, 0.1) is 5.92 Å². The Morgan fingerprint density at radius 2 is 1.65 bits per heavy atom. The van der Waals surface area contributed by atoms with Crippen LogP contribution in [0.3, 0.4) is 0 Å². The third-order valence-electron chi connectivity index (χ3n) is 3.22. The Balaban J connectivity index is 2.52. The summed E-state index contributed by atoms with van der Waals surface area (Å²) in [6.45, 7) is 9.66. The van der Waals surface area contributed by atoms with E-state index in [9.17, 15) is 5.11 Å². The van der Waals surface area contributed by atoms with Crippen molar-refractivity contribution in [2.24, 2.45) is 5.92 Å². The quantitative estimate of drug-likeness (QED) is 0.794. The summed E-state index contributed by atoms with van der Waals surface area (Å²) in [5, 5.41) is 12.6. The van der Waals surface area contributed by atoms with E-state index in [1.54, 1.807) is 0 Å². The summed E-state index contributed by atoms with van der Waals surface area (Å²) in [6, 6.07) is 8.88. The van der Waals surface area contributed by atoms with Gasteiger partial charge in [0.1, 0.15) is 0 Å². The van der Waals surface area contributed by atoms with Gasteiger partial charge in [0, 0.05) is 12.6 Å². The molecule has 0 heterocycles. The van der Waals surface area contributed by atoms with Crippen molar-refractivity contribution in [3.8, 4) is 0 Å². The van der Waals surface area contributed by atoms with Crippen molar-refractivity contribution in [1.29, 1.82) is 0 Å². The topological polar surface area (TPSA) is 32.3 Å². The van der Waals surface area contributed by atoms with Crippen LogP contribution in [0.1, 0.15) is 44.7 Å². The maximum atomic E-state index is 9.23. The molecule has 17 heavy (non-hydrogen) atoms. The number of benzene rings is 1. The SMILES string of the molecule is CC(C)c1ccc(CN[C@H](CO)C(C)C)cc1. The van der Waals surface area contributed by atoms with Gasteiger partial charge in [0.25, 0.3) is 0 Å². The van der Waals surface area contributed by atoms with Crippen molar-refractivity contribution < 1.29 is 5.11 Å². The molecule has 0 amide bonds. The Kier molecular flexibility index (Phi) is 5.66. The number of nitrogens with one attached hydrogen (secondary N) is 1. The first-order chi connectivity index (χ1) is 8.04. The second kappa shape index (κ2) is 6.77. The highest BCUT2D eigenvalue weighted by Gasteiger charge is 2.10. The van der Waals surface area contributed by atoms with E-state index in [0.717, 1.165) is 6.54 Å². The molecule has 96 valence electrons. The molecule has 0 fully saturated rings. The standard InChI is InChI=1S/C15H25NO/c1-11(2)14-7-5-13(6-8-14)9-16-15(10-17)12(3)4/h5-8,11-12,15-17H,9-10H2,1-4H3/t15-/m1/s1. The van der Waals surface area contributed by atoms with Crippen LogP contribution in [-0.4, -0.2) is 17.8 Å². The van der Waals surface area contributed by atoms with Gasteiger partial charge in [-0.25, -0.2) is 0 Å². The van der Waals surface area contributed by atoms with E-state index < -0.39 is 0 Å². The average molecular weight is 235 g/mol. The Hall–Kier alpha value is -0.860. The van der Waals surface area contributed by atoms with Gasteiger partial charge in [-0.15, -0.1) is 0 Å². The van der Waals surface area contributed by atoms with Gasteiger partial charge in [0.05, 0.1) is 6.61 Å². The molecule has 0 aromatic heterocycles. The van der Waals surface area contributed by atoms with Crippen LogP contribution >= 0.6 is 0 Å². The molecular weight excluding hydrogens is 210 g/mol. The van der Waals surface area contributed by atoms with E-state index >= 15 is 0 Å². The third-order valence-corrected chi connectivity index (χ3v) is 3.22. The molecule has 0 radical (unpaired) electrons. The Bertz CT molecular complexity index is 316. The first-order valence-corrected chi connectivity index (χ1v) is 6.47. The first kappa shape index (κ1) is 14.2. The molecular formula is C15H25NO. The summed E-state index contributed by atoms with van der Waals surface area (Å²) in [5.41, 5.74) is 2.64. The lowest BCUT2D eigenvalue weighted by Gasteiger charge is -2.20. The predicted molar refractivity (Wildman–Crippen MR) is 73.1 cm³/mol.